The van der Waals surface area contributed by atoms with Gasteiger partial charge < -0.3 is 10.2 Å². The zero-order valence-corrected chi connectivity index (χ0v) is 15.8. The number of amides is 2. The quantitative estimate of drug-likeness (QED) is 0.797. The van der Waals surface area contributed by atoms with Gasteiger partial charge in [-0.3, -0.25) is 14.5 Å². The molecule has 25 heavy (non-hydrogen) atoms. The van der Waals surface area contributed by atoms with Gasteiger partial charge in [0.15, 0.2) is 0 Å². The van der Waals surface area contributed by atoms with E-state index < -0.39 is 0 Å². The highest BCUT2D eigenvalue weighted by atomic mass is 16.2. The Kier molecular flexibility index (Phi) is 6.74. The van der Waals surface area contributed by atoms with Gasteiger partial charge in [-0.2, -0.15) is 0 Å². The van der Waals surface area contributed by atoms with Crippen LogP contribution in [0.15, 0.2) is 0 Å². The third kappa shape index (κ3) is 5.19. The van der Waals surface area contributed by atoms with Crippen molar-refractivity contribution in [1.82, 2.24) is 15.1 Å². The molecule has 0 aromatic rings. The zero-order chi connectivity index (χ0) is 17.6. The topological polar surface area (TPSA) is 52.7 Å². The van der Waals surface area contributed by atoms with E-state index in [1.807, 2.05) is 4.90 Å². The first-order valence-corrected chi connectivity index (χ1v) is 10.4. The number of likely N-dealkylation sites (tertiary alicyclic amines) is 2. The number of piperidine rings is 2. The van der Waals surface area contributed by atoms with Gasteiger partial charge in [0, 0.05) is 44.6 Å². The fourth-order valence-corrected chi connectivity index (χ4v) is 4.85. The highest BCUT2D eigenvalue weighted by Crippen LogP contribution is 2.25. The molecule has 3 fully saturated rings. The Bertz CT molecular complexity index is 452. The smallest absolute Gasteiger partial charge is 0.223 e. The molecule has 0 spiro atoms. The summed E-state index contributed by atoms with van der Waals surface area (Å²) in [5, 5.41) is 3.33. The molecule has 3 rings (SSSR count). The summed E-state index contributed by atoms with van der Waals surface area (Å²) in [5.41, 5.74) is 0. The largest absolute Gasteiger partial charge is 0.352 e. The standard InChI is InChI=1S/C20H35N3O2/c1-16(24)22-13-10-17(11-14-22)20(25)21-18-7-6-12-23(15-18)19-8-4-2-3-5-9-19/h17-19H,2-15H2,1H3,(H,21,25)/t18-/m0/s1. The van der Waals surface area contributed by atoms with Crippen LogP contribution in [0.25, 0.3) is 0 Å². The Balaban J connectivity index is 1.45. The number of nitrogens with zero attached hydrogens (tertiary/aromatic N) is 2. The fourth-order valence-electron chi connectivity index (χ4n) is 4.85. The van der Waals surface area contributed by atoms with Gasteiger partial charge in [0.1, 0.15) is 0 Å². The Morgan fingerprint density at radius 2 is 1.52 bits per heavy atom. The minimum atomic E-state index is 0.0869. The van der Waals surface area contributed by atoms with Crippen molar-refractivity contribution in [2.45, 2.75) is 83.2 Å². The average molecular weight is 350 g/mol. The Morgan fingerprint density at radius 3 is 2.16 bits per heavy atom. The number of rotatable bonds is 3. The lowest BCUT2D eigenvalue weighted by molar-refractivity contribution is -0.134. The molecular formula is C20H35N3O2. The predicted octanol–water partition coefficient (Wildman–Crippen LogP) is 2.55. The van der Waals surface area contributed by atoms with Gasteiger partial charge >= 0.3 is 0 Å². The molecule has 2 amide bonds. The molecule has 0 aromatic carbocycles. The summed E-state index contributed by atoms with van der Waals surface area (Å²) in [6.07, 6.45) is 12.1. The normalized spacial score (nSPS) is 27.7. The molecule has 142 valence electrons. The summed E-state index contributed by atoms with van der Waals surface area (Å²) in [7, 11) is 0. The maximum atomic E-state index is 12.6. The van der Waals surface area contributed by atoms with Crippen LogP contribution in [0.4, 0.5) is 0 Å². The summed E-state index contributed by atoms with van der Waals surface area (Å²) in [6, 6.07) is 1.05. The van der Waals surface area contributed by atoms with E-state index in [1.54, 1.807) is 6.92 Å². The van der Waals surface area contributed by atoms with Gasteiger partial charge in [-0.05, 0) is 45.1 Å². The highest BCUT2D eigenvalue weighted by molar-refractivity contribution is 5.79. The van der Waals surface area contributed by atoms with Gasteiger partial charge in [-0.1, -0.05) is 25.7 Å². The monoisotopic (exact) mass is 349 g/mol. The van der Waals surface area contributed by atoms with E-state index in [2.05, 4.69) is 10.2 Å². The summed E-state index contributed by atoms with van der Waals surface area (Å²) in [4.78, 5) is 28.6. The number of nitrogens with one attached hydrogen (secondary N) is 1. The summed E-state index contributed by atoms with van der Waals surface area (Å²) < 4.78 is 0. The second-order valence-electron chi connectivity index (χ2n) is 8.27. The highest BCUT2D eigenvalue weighted by Gasteiger charge is 2.30. The molecule has 1 aliphatic carbocycles. The van der Waals surface area contributed by atoms with Crippen molar-refractivity contribution in [3.63, 3.8) is 0 Å². The number of carbonyl (C=O) groups excluding carboxylic acids is 2. The summed E-state index contributed by atoms with van der Waals surface area (Å²) >= 11 is 0. The van der Waals surface area contributed by atoms with E-state index in [0.29, 0.717) is 6.04 Å². The van der Waals surface area contributed by atoms with Crippen LogP contribution in [0.2, 0.25) is 0 Å². The van der Waals surface area contributed by atoms with Crippen LogP contribution in [0.5, 0.6) is 0 Å². The summed E-state index contributed by atoms with van der Waals surface area (Å²) in [5.74, 6) is 0.435. The van der Waals surface area contributed by atoms with Crippen LogP contribution in [0.3, 0.4) is 0 Å². The second kappa shape index (κ2) is 9.02. The van der Waals surface area contributed by atoms with Crippen molar-refractivity contribution >= 4 is 11.8 Å². The van der Waals surface area contributed by atoms with Gasteiger partial charge in [0.05, 0.1) is 0 Å². The number of carbonyl (C=O) groups is 2. The molecule has 5 heteroatoms. The molecule has 2 saturated heterocycles. The second-order valence-corrected chi connectivity index (χ2v) is 8.27. The molecule has 5 nitrogen and oxygen atoms in total. The molecule has 3 aliphatic rings. The van der Waals surface area contributed by atoms with E-state index in [0.717, 1.165) is 44.9 Å². The molecule has 1 atom stereocenters. The van der Waals surface area contributed by atoms with Crippen LogP contribution in [-0.2, 0) is 9.59 Å². The Labute approximate surface area is 152 Å². The molecular weight excluding hydrogens is 314 g/mol. The summed E-state index contributed by atoms with van der Waals surface area (Å²) in [6.45, 7) is 5.31. The zero-order valence-electron chi connectivity index (χ0n) is 15.8. The molecule has 1 N–H and O–H groups in total. The van der Waals surface area contributed by atoms with E-state index in [9.17, 15) is 9.59 Å². The van der Waals surface area contributed by atoms with E-state index in [4.69, 9.17) is 0 Å². The molecule has 2 aliphatic heterocycles. The Morgan fingerprint density at radius 1 is 0.840 bits per heavy atom. The molecule has 0 aromatic heterocycles. The molecule has 1 saturated carbocycles. The third-order valence-electron chi connectivity index (χ3n) is 6.45. The molecule has 0 radical (unpaired) electrons. The van der Waals surface area contributed by atoms with Crippen molar-refractivity contribution in [2.75, 3.05) is 26.2 Å². The van der Waals surface area contributed by atoms with Crippen molar-refractivity contribution < 1.29 is 9.59 Å². The maximum Gasteiger partial charge on any atom is 0.223 e. The van der Waals surface area contributed by atoms with Crippen molar-refractivity contribution in [3.8, 4) is 0 Å². The number of hydrogen-bond acceptors (Lipinski definition) is 3. The van der Waals surface area contributed by atoms with Crippen LogP contribution >= 0.6 is 0 Å². The minimum Gasteiger partial charge on any atom is -0.352 e. The van der Waals surface area contributed by atoms with Crippen LogP contribution in [0.1, 0.15) is 71.1 Å². The van der Waals surface area contributed by atoms with Crippen LogP contribution < -0.4 is 5.32 Å². The Hall–Kier alpha value is -1.10. The first-order chi connectivity index (χ1) is 12.1. The van der Waals surface area contributed by atoms with E-state index >= 15 is 0 Å². The third-order valence-corrected chi connectivity index (χ3v) is 6.45. The van der Waals surface area contributed by atoms with E-state index in [1.165, 1.54) is 51.5 Å². The lowest BCUT2D eigenvalue weighted by atomic mass is 9.94. The van der Waals surface area contributed by atoms with Crippen molar-refractivity contribution in [2.24, 2.45) is 5.92 Å². The lowest BCUT2D eigenvalue weighted by Gasteiger charge is -2.39. The SMILES string of the molecule is CC(=O)N1CCC(C(=O)N[C@H]2CCCN(C3CCCCCC3)C2)CC1. The van der Waals surface area contributed by atoms with Crippen LogP contribution in [-0.4, -0.2) is 59.9 Å². The average Bonchev–Trinajstić information content (AvgIpc) is 2.91. The lowest BCUT2D eigenvalue weighted by Crippen LogP contribution is -2.52. The van der Waals surface area contributed by atoms with Crippen molar-refractivity contribution in [1.29, 1.82) is 0 Å². The van der Waals surface area contributed by atoms with Crippen molar-refractivity contribution in [3.05, 3.63) is 0 Å². The first-order valence-electron chi connectivity index (χ1n) is 10.4. The molecule has 0 unspecified atom stereocenters. The minimum absolute atomic E-state index is 0.0869. The van der Waals surface area contributed by atoms with Gasteiger partial charge in [-0.15, -0.1) is 0 Å². The first kappa shape index (κ1) is 18.7. The van der Waals surface area contributed by atoms with Gasteiger partial charge in [-0.25, -0.2) is 0 Å². The maximum absolute atomic E-state index is 12.6. The van der Waals surface area contributed by atoms with E-state index in [-0.39, 0.29) is 17.7 Å². The van der Waals surface area contributed by atoms with Crippen LogP contribution in [0, 0.1) is 5.92 Å². The number of hydrogen-bond donors (Lipinski definition) is 1. The van der Waals surface area contributed by atoms with Gasteiger partial charge in [0.25, 0.3) is 0 Å². The fraction of sp³-hybridized carbons (Fsp3) is 0.900. The predicted molar refractivity (Wildman–Crippen MR) is 99.2 cm³/mol. The molecule has 2 heterocycles. The van der Waals surface area contributed by atoms with Gasteiger partial charge in [0.2, 0.25) is 11.8 Å². The molecule has 0 bridgehead atoms.